The van der Waals surface area contributed by atoms with Gasteiger partial charge in [-0.3, -0.25) is 0 Å². The molecule has 1 nitrogen and oxygen atoms in total. The molecule has 1 aromatic heterocycles. The van der Waals surface area contributed by atoms with E-state index in [2.05, 4.69) is 29.1 Å². The smallest absolute Gasteiger partial charge is 0.00729 e. The molecule has 13 heavy (non-hydrogen) atoms. The summed E-state index contributed by atoms with van der Waals surface area (Å²) in [4.78, 5) is 0. The van der Waals surface area contributed by atoms with Crippen molar-refractivity contribution in [2.45, 2.75) is 38.1 Å². The maximum absolute atomic E-state index is 3.54. The molecule has 72 valence electrons. The quantitative estimate of drug-likeness (QED) is 0.782. The van der Waals surface area contributed by atoms with Gasteiger partial charge in [-0.05, 0) is 54.1 Å². The van der Waals surface area contributed by atoms with Gasteiger partial charge in [-0.25, -0.2) is 0 Å². The summed E-state index contributed by atoms with van der Waals surface area (Å²) in [5.74, 6) is 0.829. The Hall–Kier alpha value is -0.340. The highest BCUT2D eigenvalue weighted by Crippen LogP contribution is 2.35. The predicted octanol–water partition coefficient (Wildman–Crippen LogP) is 2.99. The SMILES string of the molecule is CCNC1CCC(c2ccsc2)C1. The fourth-order valence-corrected chi connectivity index (χ4v) is 3.01. The Morgan fingerprint density at radius 1 is 1.54 bits per heavy atom. The molecule has 0 radical (unpaired) electrons. The van der Waals surface area contributed by atoms with Gasteiger partial charge >= 0.3 is 0 Å². The van der Waals surface area contributed by atoms with Crippen molar-refractivity contribution < 1.29 is 0 Å². The Morgan fingerprint density at radius 2 is 2.46 bits per heavy atom. The van der Waals surface area contributed by atoms with Crippen LogP contribution < -0.4 is 5.32 Å². The van der Waals surface area contributed by atoms with Crippen LogP contribution in [-0.4, -0.2) is 12.6 Å². The number of thiophene rings is 1. The van der Waals surface area contributed by atoms with Gasteiger partial charge < -0.3 is 5.32 Å². The van der Waals surface area contributed by atoms with E-state index in [1.165, 1.54) is 19.3 Å². The third-order valence-corrected chi connectivity index (χ3v) is 3.64. The number of hydrogen-bond acceptors (Lipinski definition) is 2. The van der Waals surface area contributed by atoms with Crippen LogP contribution in [0.4, 0.5) is 0 Å². The Bertz CT molecular complexity index is 243. The van der Waals surface area contributed by atoms with Gasteiger partial charge in [-0.2, -0.15) is 11.3 Å². The molecule has 2 atom stereocenters. The van der Waals surface area contributed by atoms with Crippen LogP contribution in [0, 0.1) is 0 Å². The van der Waals surface area contributed by atoms with Gasteiger partial charge in [0.15, 0.2) is 0 Å². The second-order valence-corrected chi connectivity index (χ2v) is 4.60. The van der Waals surface area contributed by atoms with E-state index in [0.29, 0.717) is 0 Å². The second kappa shape index (κ2) is 4.25. The molecule has 0 bridgehead atoms. The average Bonchev–Trinajstić information content (AvgIpc) is 2.70. The summed E-state index contributed by atoms with van der Waals surface area (Å²) in [6, 6.07) is 3.05. The highest BCUT2D eigenvalue weighted by atomic mass is 32.1. The molecule has 0 aliphatic heterocycles. The molecular formula is C11H17NS. The molecule has 2 unspecified atom stereocenters. The summed E-state index contributed by atoms with van der Waals surface area (Å²) in [6.45, 7) is 3.30. The minimum absolute atomic E-state index is 0.773. The van der Waals surface area contributed by atoms with Gasteiger partial charge in [0.25, 0.3) is 0 Å². The summed E-state index contributed by atoms with van der Waals surface area (Å²) < 4.78 is 0. The third kappa shape index (κ3) is 2.12. The van der Waals surface area contributed by atoms with E-state index >= 15 is 0 Å². The largest absolute Gasteiger partial charge is 0.314 e. The maximum atomic E-state index is 3.54. The Labute approximate surface area is 84.2 Å². The van der Waals surface area contributed by atoms with E-state index in [-0.39, 0.29) is 0 Å². The van der Waals surface area contributed by atoms with Crippen molar-refractivity contribution in [3.63, 3.8) is 0 Å². The minimum atomic E-state index is 0.773. The van der Waals surface area contributed by atoms with Gasteiger partial charge in [0.1, 0.15) is 0 Å². The normalized spacial score (nSPS) is 28.1. The summed E-state index contributed by atoms with van der Waals surface area (Å²) in [5, 5.41) is 8.03. The molecule has 2 heteroatoms. The lowest BCUT2D eigenvalue weighted by molar-refractivity contribution is 0.535. The zero-order valence-electron chi connectivity index (χ0n) is 8.12. The Morgan fingerprint density at radius 3 is 3.15 bits per heavy atom. The lowest BCUT2D eigenvalue weighted by Gasteiger charge is -2.10. The van der Waals surface area contributed by atoms with E-state index in [1.54, 1.807) is 5.56 Å². The van der Waals surface area contributed by atoms with Crippen molar-refractivity contribution in [2.75, 3.05) is 6.54 Å². The second-order valence-electron chi connectivity index (χ2n) is 3.82. The maximum Gasteiger partial charge on any atom is 0.00729 e. The fourth-order valence-electron chi connectivity index (χ4n) is 2.27. The lowest BCUT2D eigenvalue weighted by Crippen LogP contribution is -2.25. The van der Waals surface area contributed by atoms with Crippen molar-refractivity contribution in [2.24, 2.45) is 0 Å². The van der Waals surface area contributed by atoms with E-state index in [9.17, 15) is 0 Å². The highest BCUT2D eigenvalue weighted by Gasteiger charge is 2.24. The topological polar surface area (TPSA) is 12.0 Å². The zero-order valence-corrected chi connectivity index (χ0v) is 8.94. The van der Waals surface area contributed by atoms with Gasteiger partial charge in [0, 0.05) is 6.04 Å². The van der Waals surface area contributed by atoms with E-state index in [1.807, 2.05) is 11.3 Å². The summed E-state index contributed by atoms with van der Waals surface area (Å²) in [6.07, 6.45) is 4.06. The van der Waals surface area contributed by atoms with Gasteiger partial charge in [0.2, 0.25) is 0 Å². The molecule has 1 fully saturated rings. The van der Waals surface area contributed by atoms with Crippen molar-refractivity contribution in [3.8, 4) is 0 Å². The van der Waals surface area contributed by atoms with Crippen molar-refractivity contribution in [1.82, 2.24) is 5.32 Å². The molecule has 1 aliphatic rings. The van der Waals surface area contributed by atoms with E-state index in [0.717, 1.165) is 18.5 Å². The molecule has 1 saturated carbocycles. The highest BCUT2D eigenvalue weighted by molar-refractivity contribution is 7.07. The Kier molecular flexibility index (Phi) is 3.01. The van der Waals surface area contributed by atoms with Crippen LogP contribution in [0.15, 0.2) is 16.8 Å². The molecule has 0 aromatic carbocycles. The zero-order chi connectivity index (χ0) is 9.10. The van der Waals surface area contributed by atoms with Crippen LogP contribution in [-0.2, 0) is 0 Å². The molecule has 1 N–H and O–H groups in total. The van der Waals surface area contributed by atoms with Gasteiger partial charge in [-0.15, -0.1) is 0 Å². The lowest BCUT2D eigenvalue weighted by atomic mass is 10.0. The summed E-state index contributed by atoms with van der Waals surface area (Å²) in [7, 11) is 0. The third-order valence-electron chi connectivity index (χ3n) is 2.94. The molecule has 0 saturated heterocycles. The molecule has 2 rings (SSSR count). The van der Waals surface area contributed by atoms with E-state index in [4.69, 9.17) is 0 Å². The summed E-state index contributed by atoms with van der Waals surface area (Å²) in [5.41, 5.74) is 1.56. The van der Waals surface area contributed by atoms with Crippen LogP contribution in [0.5, 0.6) is 0 Å². The molecule has 0 amide bonds. The predicted molar refractivity (Wildman–Crippen MR) is 58.4 cm³/mol. The first-order valence-electron chi connectivity index (χ1n) is 5.15. The first-order chi connectivity index (χ1) is 6.40. The molecular weight excluding hydrogens is 178 g/mol. The van der Waals surface area contributed by atoms with Crippen LogP contribution >= 0.6 is 11.3 Å². The molecule has 1 heterocycles. The number of nitrogens with one attached hydrogen (secondary N) is 1. The van der Waals surface area contributed by atoms with Crippen LogP contribution in [0.25, 0.3) is 0 Å². The monoisotopic (exact) mass is 195 g/mol. The Balaban J connectivity index is 1.91. The summed E-state index contributed by atoms with van der Waals surface area (Å²) >= 11 is 1.82. The minimum Gasteiger partial charge on any atom is -0.314 e. The average molecular weight is 195 g/mol. The van der Waals surface area contributed by atoms with E-state index < -0.39 is 0 Å². The first kappa shape index (κ1) is 9.22. The van der Waals surface area contributed by atoms with Crippen LogP contribution in [0.1, 0.15) is 37.7 Å². The van der Waals surface area contributed by atoms with Crippen molar-refractivity contribution in [1.29, 1.82) is 0 Å². The first-order valence-corrected chi connectivity index (χ1v) is 6.10. The molecule has 1 aromatic rings. The van der Waals surface area contributed by atoms with Gasteiger partial charge in [0.05, 0.1) is 0 Å². The number of rotatable bonds is 3. The fraction of sp³-hybridized carbons (Fsp3) is 0.636. The molecule has 1 aliphatic carbocycles. The van der Waals surface area contributed by atoms with Crippen molar-refractivity contribution >= 4 is 11.3 Å². The van der Waals surface area contributed by atoms with Gasteiger partial charge in [-0.1, -0.05) is 6.92 Å². The molecule has 0 spiro atoms. The van der Waals surface area contributed by atoms with Crippen molar-refractivity contribution in [3.05, 3.63) is 22.4 Å². The number of hydrogen-bond donors (Lipinski definition) is 1. The van der Waals surface area contributed by atoms with Crippen LogP contribution in [0.2, 0.25) is 0 Å². The standard InChI is InChI=1S/C11H17NS/c1-2-12-11-4-3-9(7-11)10-5-6-13-8-10/h5-6,8-9,11-12H,2-4,7H2,1H3. The van der Waals surface area contributed by atoms with Crippen LogP contribution in [0.3, 0.4) is 0 Å².